The first kappa shape index (κ1) is 22.2. The number of nitrogens with zero attached hydrogens (tertiary/aromatic N) is 3. The van der Waals surface area contributed by atoms with Gasteiger partial charge in [0.25, 0.3) is 5.91 Å². The molecule has 0 unspecified atom stereocenters. The summed E-state index contributed by atoms with van der Waals surface area (Å²) in [7, 11) is 1.64. The van der Waals surface area contributed by atoms with Crippen LogP contribution in [0.2, 0.25) is 0 Å². The monoisotopic (exact) mass is 451 g/mol. The Hall–Kier alpha value is -3.03. The van der Waals surface area contributed by atoms with E-state index in [1.165, 1.54) is 17.7 Å². The smallest absolute Gasteiger partial charge is 0.253 e. The van der Waals surface area contributed by atoms with Crippen LogP contribution >= 0.6 is 11.3 Å². The van der Waals surface area contributed by atoms with E-state index < -0.39 is 0 Å². The molecular formula is C25H26FN3O2S. The molecule has 0 atom stereocenters. The standard InChI is InChI=1S/C25H26FN3O2S/c1-3-18-4-6-20(7-5-18)24(30)28(14-15-31-2)13-12-22-17-32-25-27-23(16-29(22)25)19-8-10-21(26)11-9-19/h4-11,16-17H,3,12-15H2,1-2H3. The Kier molecular flexibility index (Phi) is 6.97. The van der Waals surface area contributed by atoms with Crippen LogP contribution in [0.15, 0.2) is 60.1 Å². The predicted octanol–water partition coefficient (Wildman–Crippen LogP) is 5.10. The van der Waals surface area contributed by atoms with Gasteiger partial charge in [0.15, 0.2) is 4.96 Å². The fourth-order valence-corrected chi connectivity index (χ4v) is 4.51. The topological polar surface area (TPSA) is 46.8 Å². The minimum atomic E-state index is -0.263. The average molecular weight is 452 g/mol. The molecule has 32 heavy (non-hydrogen) atoms. The first-order valence-electron chi connectivity index (χ1n) is 10.7. The van der Waals surface area contributed by atoms with Crippen LogP contribution in [0.1, 0.15) is 28.5 Å². The molecule has 2 heterocycles. The van der Waals surface area contributed by atoms with Crippen molar-refractivity contribution in [2.45, 2.75) is 19.8 Å². The van der Waals surface area contributed by atoms with Crippen molar-refractivity contribution in [3.05, 3.63) is 82.7 Å². The van der Waals surface area contributed by atoms with Gasteiger partial charge in [-0.15, -0.1) is 11.3 Å². The summed E-state index contributed by atoms with van der Waals surface area (Å²) in [5, 5.41) is 2.08. The van der Waals surface area contributed by atoms with Crippen LogP contribution in [0.5, 0.6) is 0 Å². The first-order chi connectivity index (χ1) is 15.6. The summed E-state index contributed by atoms with van der Waals surface area (Å²) in [5.74, 6) is -0.255. The molecule has 0 saturated carbocycles. The highest BCUT2D eigenvalue weighted by Gasteiger charge is 2.17. The van der Waals surface area contributed by atoms with Gasteiger partial charge in [-0.05, 0) is 48.4 Å². The van der Waals surface area contributed by atoms with Crippen LogP contribution in [0.4, 0.5) is 4.39 Å². The van der Waals surface area contributed by atoms with E-state index in [1.54, 1.807) is 30.6 Å². The van der Waals surface area contributed by atoms with E-state index in [0.717, 1.165) is 28.3 Å². The van der Waals surface area contributed by atoms with Gasteiger partial charge in [0.05, 0.1) is 12.3 Å². The normalized spacial score (nSPS) is 11.2. The molecule has 2 aromatic carbocycles. The molecule has 0 fully saturated rings. The number of rotatable bonds is 9. The van der Waals surface area contributed by atoms with Crippen molar-refractivity contribution in [1.82, 2.24) is 14.3 Å². The Labute approximate surface area is 191 Å². The number of aryl methyl sites for hydroxylation is 1. The van der Waals surface area contributed by atoms with Gasteiger partial charge in [-0.3, -0.25) is 9.20 Å². The highest BCUT2D eigenvalue weighted by molar-refractivity contribution is 7.15. The molecule has 5 nitrogen and oxygen atoms in total. The number of methoxy groups -OCH3 is 1. The van der Waals surface area contributed by atoms with Crippen LogP contribution < -0.4 is 0 Å². The van der Waals surface area contributed by atoms with Gasteiger partial charge in [-0.2, -0.15) is 0 Å². The average Bonchev–Trinajstić information content (AvgIpc) is 3.41. The van der Waals surface area contributed by atoms with Crippen molar-refractivity contribution in [2.75, 3.05) is 26.8 Å². The van der Waals surface area contributed by atoms with E-state index in [4.69, 9.17) is 4.74 Å². The van der Waals surface area contributed by atoms with Gasteiger partial charge in [0, 0.05) is 55.0 Å². The lowest BCUT2D eigenvalue weighted by atomic mass is 10.1. The quantitative estimate of drug-likeness (QED) is 0.356. The molecule has 1 amide bonds. The molecule has 0 spiro atoms. The molecule has 0 N–H and O–H groups in total. The third kappa shape index (κ3) is 4.89. The lowest BCUT2D eigenvalue weighted by Crippen LogP contribution is -2.35. The Morgan fingerprint density at radius 3 is 2.56 bits per heavy atom. The fourth-order valence-electron chi connectivity index (χ4n) is 3.60. The third-order valence-electron chi connectivity index (χ3n) is 5.52. The number of hydrogen-bond acceptors (Lipinski definition) is 4. The fraction of sp³-hybridized carbons (Fsp3) is 0.280. The van der Waals surface area contributed by atoms with Crippen LogP contribution in [0.25, 0.3) is 16.2 Å². The second-order valence-electron chi connectivity index (χ2n) is 7.60. The summed E-state index contributed by atoms with van der Waals surface area (Å²) in [4.78, 5) is 20.5. The Morgan fingerprint density at radius 1 is 1.12 bits per heavy atom. The number of hydrogen-bond donors (Lipinski definition) is 0. The van der Waals surface area contributed by atoms with Crippen molar-refractivity contribution in [2.24, 2.45) is 0 Å². The summed E-state index contributed by atoms with van der Waals surface area (Å²) < 4.78 is 20.5. The number of fused-ring (bicyclic) bond motifs is 1. The third-order valence-corrected chi connectivity index (χ3v) is 6.41. The van der Waals surface area contributed by atoms with Crippen LogP contribution in [-0.4, -0.2) is 47.0 Å². The molecular weight excluding hydrogens is 425 g/mol. The molecule has 0 saturated heterocycles. The minimum Gasteiger partial charge on any atom is -0.383 e. The Bertz CT molecular complexity index is 1180. The van der Waals surface area contributed by atoms with E-state index in [2.05, 4.69) is 21.7 Å². The number of carbonyl (C=O) groups excluding carboxylic acids is 1. The zero-order valence-electron chi connectivity index (χ0n) is 18.3. The van der Waals surface area contributed by atoms with Gasteiger partial charge < -0.3 is 9.64 Å². The maximum atomic E-state index is 13.2. The summed E-state index contributed by atoms with van der Waals surface area (Å²) in [6.07, 6.45) is 3.61. The van der Waals surface area contributed by atoms with E-state index in [0.29, 0.717) is 31.7 Å². The summed E-state index contributed by atoms with van der Waals surface area (Å²) in [6.45, 7) is 3.69. The molecule has 166 valence electrons. The van der Waals surface area contributed by atoms with Gasteiger partial charge in [0.2, 0.25) is 0 Å². The molecule has 4 rings (SSSR count). The second kappa shape index (κ2) is 10.1. The maximum absolute atomic E-state index is 13.2. The lowest BCUT2D eigenvalue weighted by Gasteiger charge is -2.22. The number of thiazole rings is 1. The lowest BCUT2D eigenvalue weighted by molar-refractivity contribution is 0.0697. The van der Waals surface area contributed by atoms with E-state index in [1.807, 2.05) is 35.4 Å². The number of halogens is 1. The number of imidazole rings is 1. The van der Waals surface area contributed by atoms with Crippen molar-refractivity contribution in [3.63, 3.8) is 0 Å². The predicted molar refractivity (Wildman–Crippen MR) is 126 cm³/mol. The molecule has 7 heteroatoms. The molecule has 0 aliphatic heterocycles. The second-order valence-corrected chi connectivity index (χ2v) is 8.43. The van der Waals surface area contributed by atoms with Crippen LogP contribution in [0, 0.1) is 5.82 Å². The highest BCUT2D eigenvalue weighted by atomic mass is 32.1. The molecule has 4 aromatic rings. The van der Waals surface area contributed by atoms with Crippen molar-refractivity contribution in [1.29, 1.82) is 0 Å². The van der Waals surface area contributed by atoms with Gasteiger partial charge >= 0.3 is 0 Å². The van der Waals surface area contributed by atoms with Crippen molar-refractivity contribution < 1.29 is 13.9 Å². The molecule has 0 radical (unpaired) electrons. The summed E-state index contributed by atoms with van der Waals surface area (Å²) >= 11 is 1.56. The highest BCUT2D eigenvalue weighted by Crippen LogP contribution is 2.24. The van der Waals surface area contributed by atoms with Crippen LogP contribution in [0.3, 0.4) is 0 Å². The molecule has 2 aromatic heterocycles. The maximum Gasteiger partial charge on any atom is 0.253 e. The number of benzene rings is 2. The SMILES string of the molecule is CCc1ccc(C(=O)N(CCOC)CCc2csc3nc(-c4ccc(F)cc4)cn23)cc1. The van der Waals surface area contributed by atoms with Gasteiger partial charge in [0.1, 0.15) is 5.82 Å². The van der Waals surface area contributed by atoms with E-state index >= 15 is 0 Å². The number of ether oxygens (including phenoxy) is 1. The number of carbonyl (C=O) groups is 1. The van der Waals surface area contributed by atoms with Gasteiger partial charge in [-0.25, -0.2) is 9.37 Å². The van der Waals surface area contributed by atoms with Crippen molar-refractivity contribution in [3.8, 4) is 11.3 Å². The Morgan fingerprint density at radius 2 is 1.88 bits per heavy atom. The first-order valence-corrected chi connectivity index (χ1v) is 11.6. The zero-order valence-corrected chi connectivity index (χ0v) is 19.1. The number of aromatic nitrogens is 2. The molecule has 0 bridgehead atoms. The Balaban J connectivity index is 1.50. The van der Waals surface area contributed by atoms with E-state index in [9.17, 15) is 9.18 Å². The molecule has 0 aliphatic carbocycles. The number of amides is 1. The largest absolute Gasteiger partial charge is 0.383 e. The van der Waals surface area contributed by atoms with Crippen molar-refractivity contribution >= 4 is 22.2 Å². The zero-order chi connectivity index (χ0) is 22.5. The van der Waals surface area contributed by atoms with Crippen LogP contribution in [-0.2, 0) is 17.6 Å². The van der Waals surface area contributed by atoms with E-state index in [-0.39, 0.29) is 11.7 Å². The molecule has 0 aliphatic rings. The minimum absolute atomic E-state index is 0.00816. The van der Waals surface area contributed by atoms with Gasteiger partial charge in [-0.1, -0.05) is 19.1 Å². The summed E-state index contributed by atoms with van der Waals surface area (Å²) in [5.41, 5.74) is 4.67. The summed E-state index contributed by atoms with van der Waals surface area (Å²) in [6, 6.07) is 14.2.